The number of likely N-dealkylation sites (tertiary alicyclic amines) is 1. The fourth-order valence-corrected chi connectivity index (χ4v) is 3.35. The minimum atomic E-state index is -1.21. The number of carboxylic acids is 1. The molecular weight excluding hydrogens is 436 g/mol. The van der Waals surface area contributed by atoms with Crippen LogP contribution in [0.4, 0.5) is 0 Å². The van der Waals surface area contributed by atoms with E-state index < -0.39 is 66.2 Å². The van der Waals surface area contributed by atoms with Crippen LogP contribution in [0.2, 0.25) is 0 Å². The Labute approximate surface area is 192 Å². The van der Waals surface area contributed by atoms with Gasteiger partial charge in [0.05, 0.1) is 12.6 Å². The summed E-state index contributed by atoms with van der Waals surface area (Å²) in [5.41, 5.74) is 10.7. The number of primary amides is 1. The number of hydrogen-bond donors (Lipinski definition) is 6. The first-order chi connectivity index (χ1) is 15.3. The second kappa shape index (κ2) is 12.7. The van der Waals surface area contributed by atoms with Gasteiger partial charge in [0, 0.05) is 13.0 Å². The Morgan fingerprint density at radius 2 is 1.67 bits per heavy atom. The number of carboxylic acid groups (broad SMARTS) is 1. The number of hydrogen-bond acceptors (Lipinski definition) is 7. The molecule has 0 radical (unpaired) electrons. The van der Waals surface area contributed by atoms with Crippen molar-refractivity contribution in [2.24, 2.45) is 17.4 Å². The topological polar surface area (TPSA) is 214 Å². The molecule has 1 saturated heterocycles. The van der Waals surface area contributed by atoms with E-state index in [2.05, 4.69) is 16.0 Å². The Bertz CT molecular complexity index is 770. The number of carbonyl (C=O) groups excluding carboxylic acids is 5. The van der Waals surface area contributed by atoms with Crippen molar-refractivity contribution in [3.05, 3.63) is 0 Å². The molecule has 0 bridgehead atoms. The summed E-state index contributed by atoms with van der Waals surface area (Å²) < 4.78 is 0. The van der Waals surface area contributed by atoms with E-state index in [1.165, 1.54) is 11.8 Å². The molecule has 1 aliphatic heterocycles. The third kappa shape index (κ3) is 8.67. The highest BCUT2D eigenvalue weighted by Crippen LogP contribution is 2.17. The first-order valence-electron chi connectivity index (χ1n) is 10.8. The summed E-state index contributed by atoms with van der Waals surface area (Å²) in [5, 5.41) is 16.6. The molecule has 5 amide bonds. The summed E-state index contributed by atoms with van der Waals surface area (Å²) in [4.78, 5) is 73.4. The van der Waals surface area contributed by atoms with Crippen molar-refractivity contribution in [2.45, 2.75) is 70.6 Å². The summed E-state index contributed by atoms with van der Waals surface area (Å²) in [6.45, 7) is 4.64. The van der Waals surface area contributed by atoms with Crippen molar-refractivity contribution in [3.8, 4) is 0 Å². The molecule has 13 nitrogen and oxygen atoms in total. The van der Waals surface area contributed by atoms with Crippen molar-refractivity contribution in [1.82, 2.24) is 20.9 Å². The summed E-state index contributed by atoms with van der Waals surface area (Å²) in [5.74, 6) is -4.68. The van der Waals surface area contributed by atoms with Crippen molar-refractivity contribution in [1.29, 1.82) is 0 Å². The summed E-state index contributed by atoms with van der Waals surface area (Å²) in [7, 11) is 0. The zero-order valence-corrected chi connectivity index (χ0v) is 19.1. The normalized spacial score (nSPS) is 18.2. The van der Waals surface area contributed by atoms with E-state index in [9.17, 15) is 33.9 Å². The van der Waals surface area contributed by atoms with Crippen molar-refractivity contribution >= 4 is 35.5 Å². The van der Waals surface area contributed by atoms with Crippen LogP contribution in [0, 0.1) is 5.92 Å². The number of aliphatic carboxylic acids is 1. The quantitative estimate of drug-likeness (QED) is 0.178. The zero-order chi connectivity index (χ0) is 25.3. The molecule has 1 aliphatic rings. The number of nitrogens with one attached hydrogen (secondary N) is 3. The van der Waals surface area contributed by atoms with Gasteiger partial charge in [0.15, 0.2) is 0 Å². The van der Waals surface area contributed by atoms with E-state index in [4.69, 9.17) is 11.5 Å². The van der Waals surface area contributed by atoms with Crippen LogP contribution in [0.15, 0.2) is 0 Å². The second-order valence-electron chi connectivity index (χ2n) is 8.39. The molecule has 8 N–H and O–H groups in total. The molecule has 1 fully saturated rings. The monoisotopic (exact) mass is 470 g/mol. The Morgan fingerprint density at radius 1 is 1.03 bits per heavy atom. The number of rotatable bonds is 12. The fraction of sp³-hybridized carbons (Fsp3) is 0.700. The molecule has 186 valence electrons. The van der Waals surface area contributed by atoms with Crippen LogP contribution in [-0.2, 0) is 28.8 Å². The van der Waals surface area contributed by atoms with Crippen LogP contribution in [0.3, 0.4) is 0 Å². The smallest absolute Gasteiger partial charge is 0.326 e. The van der Waals surface area contributed by atoms with Crippen LogP contribution < -0.4 is 27.4 Å². The molecule has 13 heteroatoms. The minimum Gasteiger partial charge on any atom is -0.480 e. The molecule has 1 rings (SSSR count). The lowest BCUT2D eigenvalue weighted by atomic mass is 10.0. The Hall–Kier alpha value is -3.22. The summed E-state index contributed by atoms with van der Waals surface area (Å²) >= 11 is 0. The lowest BCUT2D eigenvalue weighted by molar-refractivity contribution is -0.148. The predicted octanol–water partition coefficient (Wildman–Crippen LogP) is -2.58. The summed E-state index contributed by atoms with van der Waals surface area (Å²) in [6.07, 6.45) is 0.528. The van der Waals surface area contributed by atoms with Crippen LogP contribution in [0.1, 0.15) is 46.5 Å². The van der Waals surface area contributed by atoms with E-state index >= 15 is 0 Å². The minimum absolute atomic E-state index is 0.130. The van der Waals surface area contributed by atoms with E-state index in [1.54, 1.807) is 13.8 Å². The molecule has 0 aromatic rings. The van der Waals surface area contributed by atoms with E-state index in [0.29, 0.717) is 12.8 Å². The van der Waals surface area contributed by atoms with Gasteiger partial charge in [-0.25, -0.2) is 4.79 Å². The molecule has 4 unspecified atom stereocenters. The third-order valence-corrected chi connectivity index (χ3v) is 5.24. The second-order valence-corrected chi connectivity index (χ2v) is 8.39. The maximum absolute atomic E-state index is 12.8. The van der Waals surface area contributed by atoms with E-state index in [0.717, 1.165) is 0 Å². The Morgan fingerprint density at radius 3 is 2.18 bits per heavy atom. The van der Waals surface area contributed by atoms with Gasteiger partial charge < -0.3 is 37.4 Å². The van der Waals surface area contributed by atoms with Crippen LogP contribution in [-0.4, -0.2) is 82.8 Å². The largest absolute Gasteiger partial charge is 0.480 e. The van der Waals surface area contributed by atoms with Crippen molar-refractivity contribution in [3.63, 3.8) is 0 Å². The molecular formula is C20H34N6O7. The first-order valence-corrected chi connectivity index (χ1v) is 10.8. The van der Waals surface area contributed by atoms with Gasteiger partial charge in [-0.05, 0) is 32.1 Å². The first kappa shape index (κ1) is 27.8. The van der Waals surface area contributed by atoms with Gasteiger partial charge in [-0.15, -0.1) is 0 Å². The zero-order valence-electron chi connectivity index (χ0n) is 19.1. The molecule has 1 heterocycles. The standard InChI is InChI=1S/C20H34N6O7/c1-10(2)16(25-17(29)11(3)21)19(31)24-12(6-7-14(22)27)18(30)23-9-15(28)26-8-4-5-13(26)20(32)33/h10-13,16H,4-9,21H2,1-3H3,(H2,22,27)(H,23,30)(H,24,31)(H,25,29)(H,32,33). The highest BCUT2D eigenvalue weighted by molar-refractivity contribution is 5.94. The summed E-state index contributed by atoms with van der Waals surface area (Å²) in [6, 6.07) is -3.99. The molecule has 0 aromatic heterocycles. The lowest BCUT2D eigenvalue weighted by Crippen LogP contribution is -2.57. The fourth-order valence-electron chi connectivity index (χ4n) is 3.35. The average molecular weight is 471 g/mol. The van der Waals surface area contributed by atoms with E-state index in [1.807, 2.05) is 0 Å². The predicted molar refractivity (Wildman–Crippen MR) is 116 cm³/mol. The van der Waals surface area contributed by atoms with Gasteiger partial charge in [-0.2, -0.15) is 0 Å². The average Bonchev–Trinajstić information content (AvgIpc) is 3.22. The SMILES string of the molecule is CC(N)C(=O)NC(C(=O)NC(CCC(N)=O)C(=O)NCC(=O)N1CCCC1C(=O)O)C(C)C. The highest BCUT2D eigenvalue weighted by Gasteiger charge is 2.34. The van der Waals surface area contributed by atoms with Gasteiger partial charge in [0.1, 0.15) is 18.1 Å². The number of amides is 5. The van der Waals surface area contributed by atoms with Gasteiger partial charge >= 0.3 is 5.97 Å². The molecule has 0 aromatic carbocycles. The van der Waals surface area contributed by atoms with Gasteiger partial charge in [0.2, 0.25) is 29.5 Å². The van der Waals surface area contributed by atoms with Gasteiger partial charge in [-0.3, -0.25) is 24.0 Å². The molecule has 0 saturated carbocycles. The highest BCUT2D eigenvalue weighted by atomic mass is 16.4. The molecule has 4 atom stereocenters. The van der Waals surface area contributed by atoms with Crippen LogP contribution in [0.5, 0.6) is 0 Å². The Balaban J connectivity index is 2.84. The number of nitrogens with two attached hydrogens (primary N) is 2. The number of carbonyl (C=O) groups is 6. The number of nitrogens with zero attached hydrogens (tertiary/aromatic N) is 1. The molecule has 0 aliphatic carbocycles. The lowest BCUT2D eigenvalue weighted by Gasteiger charge is -2.26. The molecule has 33 heavy (non-hydrogen) atoms. The van der Waals surface area contributed by atoms with Crippen molar-refractivity contribution < 1.29 is 33.9 Å². The van der Waals surface area contributed by atoms with E-state index in [-0.39, 0.29) is 25.3 Å². The maximum atomic E-state index is 12.8. The van der Waals surface area contributed by atoms with Crippen LogP contribution >= 0.6 is 0 Å². The van der Waals surface area contributed by atoms with Crippen molar-refractivity contribution in [2.75, 3.05) is 13.1 Å². The van der Waals surface area contributed by atoms with Crippen LogP contribution in [0.25, 0.3) is 0 Å². The van der Waals surface area contributed by atoms with Gasteiger partial charge in [0.25, 0.3) is 0 Å². The Kier molecular flexibility index (Phi) is 10.7. The van der Waals surface area contributed by atoms with Gasteiger partial charge in [-0.1, -0.05) is 13.8 Å². The maximum Gasteiger partial charge on any atom is 0.326 e. The third-order valence-electron chi connectivity index (χ3n) is 5.24. The molecule has 0 spiro atoms.